The van der Waals surface area contributed by atoms with Gasteiger partial charge in [-0.25, -0.2) is 0 Å². The van der Waals surface area contributed by atoms with Gasteiger partial charge in [0.25, 0.3) is 0 Å². The average molecular weight is 625 g/mol. The normalized spacial score (nSPS) is 32.4. The molecule has 0 aliphatic carbocycles. The van der Waals surface area contributed by atoms with Crippen molar-refractivity contribution in [2.45, 2.75) is 61.4 Å². The van der Waals surface area contributed by atoms with E-state index in [0.29, 0.717) is 0 Å². The fourth-order valence-electron chi connectivity index (χ4n) is 4.94. The lowest BCUT2D eigenvalue weighted by Crippen LogP contribution is -2.60. The molecule has 1 aromatic heterocycles. The molecule has 10 atom stereocenters. The number of fused-ring (bicyclic) bond motifs is 1. The van der Waals surface area contributed by atoms with Gasteiger partial charge in [0.1, 0.15) is 77.0 Å². The number of hydrogen-bond donors (Lipinski definition) is 9. The second kappa shape index (κ2) is 12.8. The van der Waals surface area contributed by atoms with Crippen molar-refractivity contribution in [2.75, 3.05) is 20.3 Å². The highest BCUT2D eigenvalue weighted by Gasteiger charge is 2.46. The summed E-state index contributed by atoms with van der Waals surface area (Å²) in [6.07, 6.45) is -16.0. The molecule has 16 heteroatoms. The number of rotatable bonds is 8. The maximum atomic E-state index is 13.7. The second-order valence-electron chi connectivity index (χ2n) is 10.3. The molecule has 9 N–H and O–H groups in total. The summed E-state index contributed by atoms with van der Waals surface area (Å²) in [7, 11) is 1.34. The summed E-state index contributed by atoms with van der Waals surface area (Å²) in [5.41, 5.74) is -0.822. The van der Waals surface area contributed by atoms with E-state index < -0.39 is 91.6 Å². The summed E-state index contributed by atoms with van der Waals surface area (Å²) < 4.78 is 33.2. The molecule has 240 valence electrons. The van der Waals surface area contributed by atoms with Gasteiger partial charge in [0.2, 0.25) is 23.8 Å². The number of phenolic OH excluding ortho intramolecular Hbond substituents is 1. The Kier molecular flexibility index (Phi) is 9.28. The van der Waals surface area contributed by atoms with Crippen LogP contribution in [0.15, 0.2) is 45.6 Å². The Morgan fingerprint density at radius 3 is 1.80 bits per heavy atom. The van der Waals surface area contributed by atoms with E-state index in [0.717, 1.165) is 0 Å². The first-order valence-corrected chi connectivity index (χ1v) is 13.4. The minimum atomic E-state index is -1.87. The van der Waals surface area contributed by atoms with E-state index in [1.807, 2.05) is 0 Å². The van der Waals surface area contributed by atoms with Crippen molar-refractivity contribution in [1.29, 1.82) is 0 Å². The summed E-state index contributed by atoms with van der Waals surface area (Å²) in [6, 6.07) is 8.08. The van der Waals surface area contributed by atoms with Crippen molar-refractivity contribution in [3.05, 3.63) is 46.6 Å². The number of methoxy groups -OCH3 is 1. The molecule has 2 saturated heterocycles. The topological polar surface area (TPSA) is 258 Å². The number of aromatic hydroxyl groups is 1. The number of ether oxygens (including phenoxy) is 5. The molecule has 0 saturated carbocycles. The Morgan fingerprint density at radius 2 is 1.27 bits per heavy atom. The van der Waals surface area contributed by atoms with Crippen LogP contribution in [0.25, 0.3) is 22.3 Å². The minimum absolute atomic E-state index is 0.0944. The van der Waals surface area contributed by atoms with Crippen LogP contribution in [-0.4, -0.2) is 128 Å². The van der Waals surface area contributed by atoms with Gasteiger partial charge >= 0.3 is 0 Å². The van der Waals surface area contributed by atoms with Gasteiger partial charge in [0.05, 0.1) is 20.3 Å². The van der Waals surface area contributed by atoms with Crippen LogP contribution in [0.3, 0.4) is 0 Å². The van der Waals surface area contributed by atoms with E-state index in [9.17, 15) is 50.8 Å². The molecule has 3 heterocycles. The molecule has 0 unspecified atom stereocenters. The van der Waals surface area contributed by atoms with E-state index in [1.165, 1.54) is 43.5 Å². The Balaban J connectivity index is 1.53. The Morgan fingerprint density at radius 1 is 0.727 bits per heavy atom. The highest BCUT2D eigenvalue weighted by Crippen LogP contribution is 2.38. The van der Waals surface area contributed by atoms with Crippen LogP contribution in [0.5, 0.6) is 23.0 Å². The van der Waals surface area contributed by atoms with Gasteiger partial charge in [-0.1, -0.05) is 0 Å². The molecule has 0 spiro atoms. The molecule has 16 nitrogen and oxygen atoms in total. The molecular weight excluding hydrogens is 592 g/mol. The van der Waals surface area contributed by atoms with Gasteiger partial charge in [-0.3, -0.25) is 4.79 Å². The molecule has 44 heavy (non-hydrogen) atoms. The molecule has 2 fully saturated rings. The van der Waals surface area contributed by atoms with E-state index in [1.54, 1.807) is 0 Å². The zero-order valence-corrected chi connectivity index (χ0v) is 23.0. The van der Waals surface area contributed by atoms with Crippen LogP contribution in [0.2, 0.25) is 0 Å². The van der Waals surface area contributed by atoms with Crippen molar-refractivity contribution in [3.63, 3.8) is 0 Å². The van der Waals surface area contributed by atoms with Crippen LogP contribution >= 0.6 is 0 Å². The fourth-order valence-corrected chi connectivity index (χ4v) is 4.94. The zero-order valence-electron chi connectivity index (χ0n) is 23.0. The SMILES string of the molecule is COc1cc(O)c2c(=O)c(O[C@H]3O[C@@H](CO)[C@H](O)[C@@H](O)[C@@H]3O)c(-c3ccc(O[C@H]4O[C@@H](CO)[C@H](O)[C@@H](O)[C@@H]4O)cc3)oc2c1. The van der Waals surface area contributed by atoms with Crippen molar-refractivity contribution < 1.29 is 74.1 Å². The van der Waals surface area contributed by atoms with Crippen molar-refractivity contribution >= 4 is 11.0 Å². The third-order valence-electron chi connectivity index (χ3n) is 7.44. The average Bonchev–Trinajstić information content (AvgIpc) is 3.02. The number of aliphatic hydroxyl groups is 8. The summed E-state index contributed by atoms with van der Waals surface area (Å²) in [5, 5.41) is 90.4. The first kappa shape index (κ1) is 31.9. The van der Waals surface area contributed by atoms with E-state index >= 15 is 0 Å². The Labute approximate surface area is 248 Å². The molecule has 5 rings (SSSR count). The van der Waals surface area contributed by atoms with Gasteiger partial charge in [-0.2, -0.15) is 0 Å². The van der Waals surface area contributed by atoms with Crippen molar-refractivity contribution in [1.82, 2.24) is 0 Å². The molecule has 2 aromatic carbocycles. The third-order valence-corrected chi connectivity index (χ3v) is 7.44. The highest BCUT2D eigenvalue weighted by molar-refractivity contribution is 5.88. The number of aliphatic hydroxyl groups excluding tert-OH is 8. The molecule has 2 aliphatic heterocycles. The van der Waals surface area contributed by atoms with Crippen LogP contribution in [0.1, 0.15) is 0 Å². The number of benzene rings is 2. The van der Waals surface area contributed by atoms with Crippen LogP contribution in [0.4, 0.5) is 0 Å². The van der Waals surface area contributed by atoms with Gasteiger partial charge in [-0.15, -0.1) is 0 Å². The van der Waals surface area contributed by atoms with Gasteiger partial charge in [-0.05, 0) is 24.3 Å². The maximum absolute atomic E-state index is 13.7. The molecule has 0 radical (unpaired) electrons. The van der Waals surface area contributed by atoms with Crippen molar-refractivity contribution in [2.24, 2.45) is 0 Å². The summed E-state index contributed by atoms with van der Waals surface area (Å²) >= 11 is 0. The summed E-state index contributed by atoms with van der Waals surface area (Å²) in [6.45, 7) is -1.40. The third kappa shape index (κ3) is 5.80. The zero-order chi connectivity index (χ0) is 31.9. The lowest BCUT2D eigenvalue weighted by molar-refractivity contribution is -0.277. The van der Waals surface area contributed by atoms with Gasteiger partial charge in [0, 0.05) is 17.7 Å². The van der Waals surface area contributed by atoms with Gasteiger partial charge < -0.3 is 74.1 Å². The lowest BCUT2D eigenvalue weighted by atomic mass is 9.99. The largest absolute Gasteiger partial charge is 0.507 e. The number of phenols is 1. The molecule has 3 aromatic rings. The Bertz CT molecular complexity index is 1500. The number of hydrogen-bond acceptors (Lipinski definition) is 16. The van der Waals surface area contributed by atoms with E-state index in [-0.39, 0.29) is 33.8 Å². The van der Waals surface area contributed by atoms with E-state index in [2.05, 4.69) is 0 Å². The van der Waals surface area contributed by atoms with Crippen LogP contribution in [-0.2, 0) is 9.47 Å². The second-order valence-corrected chi connectivity index (χ2v) is 10.3. The van der Waals surface area contributed by atoms with Crippen LogP contribution < -0.4 is 19.6 Å². The monoisotopic (exact) mass is 624 g/mol. The van der Waals surface area contributed by atoms with Crippen molar-refractivity contribution in [3.8, 4) is 34.3 Å². The molecule has 2 aliphatic rings. The standard InChI is InChI=1S/C28H32O16/c1-39-12-6-13(31)17-14(7-12)41-25(26(20(17)34)44-28-24(38)22(36)19(33)16(9-30)43-28)10-2-4-11(5-3-10)40-27-23(37)21(35)18(32)15(8-29)42-27/h2-7,15-16,18-19,21-24,27-33,35-38H,8-9H2,1H3/t15-,16-,18-,19-,21+,22+,23-,24-,27-,28+/m0/s1. The fraction of sp³-hybridized carbons (Fsp3) is 0.464. The predicted molar refractivity (Wildman–Crippen MR) is 145 cm³/mol. The Hall–Kier alpha value is -3.55. The molecule has 0 amide bonds. The first-order chi connectivity index (χ1) is 21.0. The minimum Gasteiger partial charge on any atom is -0.507 e. The van der Waals surface area contributed by atoms with E-state index in [4.69, 9.17) is 28.1 Å². The lowest BCUT2D eigenvalue weighted by Gasteiger charge is -2.39. The predicted octanol–water partition coefficient (Wildman–Crippen LogP) is -2.47. The summed E-state index contributed by atoms with van der Waals surface area (Å²) in [4.78, 5) is 13.7. The van der Waals surface area contributed by atoms with Crippen LogP contribution in [0, 0.1) is 0 Å². The smallest absolute Gasteiger partial charge is 0.239 e. The highest BCUT2D eigenvalue weighted by atomic mass is 16.7. The quantitative estimate of drug-likeness (QED) is 0.126. The first-order valence-electron chi connectivity index (χ1n) is 13.4. The summed E-state index contributed by atoms with van der Waals surface area (Å²) in [5.74, 6) is -1.05. The maximum Gasteiger partial charge on any atom is 0.239 e. The molecule has 0 bridgehead atoms. The van der Waals surface area contributed by atoms with Gasteiger partial charge in [0.15, 0.2) is 5.76 Å². The molecular formula is C28H32O16.